The van der Waals surface area contributed by atoms with Crippen LogP contribution in [0.2, 0.25) is 0 Å². The van der Waals surface area contributed by atoms with E-state index in [1.54, 1.807) is 0 Å². The lowest BCUT2D eigenvalue weighted by atomic mass is 10.2. The zero-order valence-corrected chi connectivity index (χ0v) is 18.8. The molecule has 1 aliphatic heterocycles. The Balaban J connectivity index is 1.43. The third-order valence-electron chi connectivity index (χ3n) is 6.95. The fraction of sp³-hybridized carbons (Fsp3) is 0.400. The first-order chi connectivity index (χ1) is 16.1. The predicted octanol–water partition coefficient (Wildman–Crippen LogP) is 2.68. The molecule has 1 saturated heterocycles. The molecular weight excluding hydrogens is 416 g/mol. The third kappa shape index (κ3) is 3.69. The molecule has 2 N–H and O–H groups in total. The summed E-state index contributed by atoms with van der Waals surface area (Å²) < 4.78 is 7.63. The zero-order chi connectivity index (χ0) is 22.5. The Hall–Kier alpha value is -3.23. The molecule has 8 nitrogen and oxygen atoms in total. The van der Waals surface area contributed by atoms with Crippen LogP contribution in [0.1, 0.15) is 23.2 Å². The molecule has 2 aliphatic rings. The number of para-hydroxylation sites is 2. The van der Waals surface area contributed by atoms with Crippen LogP contribution in [0, 0.1) is 5.92 Å². The van der Waals surface area contributed by atoms with E-state index >= 15 is 0 Å². The fourth-order valence-corrected chi connectivity index (χ4v) is 4.73. The quantitative estimate of drug-likeness (QED) is 0.474. The van der Waals surface area contributed by atoms with E-state index in [2.05, 4.69) is 16.8 Å². The zero-order valence-electron chi connectivity index (χ0n) is 18.8. The van der Waals surface area contributed by atoms with Gasteiger partial charge in [-0.25, -0.2) is 14.8 Å². The molecule has 2 fully saturated rings. The first-order valence-corrected chi connectivity index (χ1v) is 11.7. The number of esters is 1. The van der Waals surface area contributed by atoms with Gasteiger partial charge >= 0.3 is 5.97 Å². The van der Waals surface area contributed by atoms with Gasteiger partial charge in [0.1, 0.15) is 17.0 Å². The molecular formula is C25H28N6O2. The number of piperazine rings is 1. The Morgan fingerprint density at radius 2 is 1.88 bits per heavy atom. The number of likely N-dealkylation sites (N-methyl/N-ethyl adjacent to an activating group) is 1. The van der Waals surface area contributed by atoms with Crippen molar-refractivity contribution in [3.8, 4) is 0 Å². The SMILES string of the molecule is CN1CCN(c2ccc3cc(C(=O)OCCC4CC4N)c4nc5ccccc5n4c3n2)CC1. The molecule has 6 rings (SSSR count). The number of pyridine rings is 2. The topological polar surface area (TPSA) is 89.0 Å². The Kier molecular flexibility index (Phi) is 4.92. The van der Waals surface area contributed by atoms with Gasteiger partial charge in [-0.1, -0.05) is 12.1 Å². The van der Waals surface area contributed by atoms with Crippen molar-refractivity contribution in [3.05, 3.63) is 48.0 Å². The smallest absolute Gasteiger partial charge is 0.341 e. The maximum Gasteiger partial charge on any atom is 0.341 e. The van der Waals surface area contributed by atoms with Crippen LogP contribution in [0.5, 0.6) is 0 Å². The molecule has 1 aliphatic carbocycles. The highest BCUT2D eigenvalue weighted by Gasteiger charge is 2.33. The number of nitrogens with zero attached hydrogens (tertiary/aromatic N) is 5. The normalized spacial score (nSPS) is 21.2. The number of aromatic nitrogens is 3. The monoisotopic (exact) mass is 444 g/mol. The molecule has 2 unspecified atom stereocenters. The van der Waals surface area contributed by atoms with Crippen LogP contribution in [0.15, 0.2) is 42.5 Å². The van der Waals surface area contributed by atoms with Gasteiger partial charge in [0.05, 0.1) is 17.6 Å². The Morgan fingerprint density at radius 1 is 1.09 bits per heavy atom. The predicted molar refractivity (Wildman–Crippen MR) is 129 cm³/mol. The van der Waals surface area contributed by atoms with Crippen molar-refractivity contribution in [3.63, 3.8) is 0 Å². The second-order valence-electron chi connectivity index (χ2n) is 9.27. The summed E-state index contributed by atoms with van der Waals surface area (Å²) in [6.45, 7) is 4.29. The van der Waals surface area contributed by atoms with Crippen LogP contribution in [-0.2, 0) is 4.74 Å². The molecule has 4 aromatic rings. The number of hydrogen-bond donors (Lipinski definition) is 1. The summed E-state index contributed by atoms with van der Waals surface area (Å²) in [5, 5.41) is 0.889. The molecule has 0 spiro atoms. The van der Waals surface area contributed by atoms with Gasteiger partial charge in [0, 0.05) is 37.6 Å². The largest absolute Gasteiger partial charge is 0.462 e. The minimum absolute atomic E-state index is 0.259. The lowest BCUT2D eigenvalue weighted by Gasteiger charge is -2.33. The fourth-order valence-electron chi connectivity index (χ4n) is 4.73. The van der Waals surface area contributed by atoms with Crippen molar-refractivity contribution in [2.75, 3.05) is 44.7 Å². The lowest BCUT2D eigenvalue weighted by Crippen LogP contribution is -2.44. The molecule has 4 heterocycles. The van der Waals surface area contributed by atoms with E-state index in [1.807, 2.05) is 46.9 Å². The Morgan fingerprint density at radius 3 is 2.67 bits per heavy atom. The van der Waals surface area contributed by atoms with Crippen molar-refractivity contribution in [1.82, 2.24) is 19.3 Å². The van der Waals surface area contributed by atoms with Gasteiger partial charge in [0.2, 0.25) is 0 Å². The molecule has 1 saturated carbocycles. The number of benzene rings is 1. The van der Waals surface area contributed by atoms with Gasteiger partial charge in [-0.3, -0.25) is 4.40 Å². The highest BCUT2D eigenvalue weighted by molar-refractivity contribution is 6.03. The summed E-state index contributed by atoms with van der Waals surface area (Å²) in [7, 11) is 2.14. The number of nitrogens with two attached hydrogens (primary N) is 1. The molecule has 0 amide bonds. The van der Waals surface area contributed by atoms with E-state index < -0.39 is 0 Å². The van der Waals surface area contributed by atoms with E-state index in [4.69, 9.17) is 20.4 Å². The molecule has 8 heteroatoms. The number of imidazole rings is 1. The van der Waals surface area contributed by atoms with Gasteiger partial charge in [-0.15, -0.1) is 0 Å². The van der Waals surface area contributed by atoms with E-state index in [0.717, 1.165) is 66.9 Å². The number of fused-ring (bicyclic) bond motifs is 5. The number of ether oxygens (including phenoxy) is 1. The summed E-state index contributed by atoms with van der Waals surface area (Å²) in [5.41, 5.74) is 9.49. The second kappa shape index (κ2) is 7.97. The van der Waals surface area contributed by atoms with E-state index in [1.165, 1.54) is 0 Å². The van der Waals surface area contributed by atoms with Gasteiger partial charge in [0.15, 0.2) is 5.65 Å². The second-order valence-corrected chi connectivity index (χ2v) is 9.27. The van der Waals surface area contributed by atoms with Crippen molar-refractivity contribution < 1.29 is 9.53 Å². The third-order valence-corrected chi connectivity index (χ3v) is 6.95. The molecule has 0 radical (unpaired) electrons. The van der Waals surface area contributed by atoms with Crippen LogP contribution in [0.4, 0.5) is 5.82 Å². The summed E-state index contributed by atoms with van der Waals surface area (Å²) in [6.07, 6.45) is 1.83. The maximum atomic E-state index is 13.1. The molecule has 0 bridgehead atoms. The number of hydrogen-bond acceptors (Lipinski definition) is 7. The van der Waals surface area contributed by atoms with Gasteiger partial charge in [-0.2, -0.15) is 0 Å². The Labute approximate surface area is 191 Å². The van der Waals surface area contributed by atoms with Gasteiger partial charge < -0.3 is 20.3 Å². The Bertz CT molecular complexity index is 1360. The van der Waals surface area contributed by atoms with E-state index in [-0.39, 0.29) is 12.0 Å². The number of carbonyl (C=O) groups is 1. The first-order valence-electron chi connectivity index (χ1n) is 11.7. The van der Waals surface area contributed by atoms with Crippen molar-refractivity contribution in [2.24, 2.45) is 11.7 Å². The van der Waals surface area contributed by atoms with Crippen LogP contribution in [0.3, 0.4) is 0 Å². The van der Waals surface area contributed by atoms with Gasteiger partial charge in [0.25, 0.3) is 0 Å². The molecule has 33 heavy (non-hydrogen) atoms. The van der Waals surface area contributed by atoms with Crippen LogP contribution in [0.25, 0.3) is 27.7 Å². The van der Waals surface area contributed by atoms with Crippen LogP contribution >= 0.6 is 0 Å². The number of rotatable bonds is 5. The number of carbonyl (C=O) groups excluding carboxylic acids is 1. The highest BCUT2D eigenvalue weighted by Crippen LogP contribution is 2.32. The highest BCUT2D eigenvalue weighted by atomic mass is 16.5. The first kappa shape index (κ1) is 20.4. The maximum absolute atomic E-state index is 13.1. The van der Waals surface area contributed by atoms with Crippen molar-refractivity contribution in [1.29, 1.82) is 0 Å². The summed E-state index contributed by atoms with van der Waals surface area (Å²) in [5.74, 6) is 1.07. The van der Waals surface area contributed by atoms with E-state index in [9.17, 15) is 4.79 Å². The average Bonchev–Trinajstić information content (AvgIpc) is 3.39. The summed E-state index contributed by atoms with van der Waals surface area (Å²) in [4.78, 5) is 27.5. The minimum atomic E-state index is -0.352. The molecule has 1 aromatic carbocycles. The van der Waals surface area contributed by atoms with Crippen LogP contribution < -0.4 is 10.6 Å². The standard InChI is InChI=1S/C25H28N6O2/c1-29-9-11-30(12-10-29)22-7-6-17-14-18(25(32)33-13-8-16-15-19(16)26)24-27-20-4-2-3-5-21(20)31(24)23(17)28-22/h2-7,14,16,19H,8-13,15,26H2,1H3. The van der Waals surface area contributed by atoms with Gasteiger partial charge in [-0.05, 0) is 56.1 Å². The van der Waals surface area contributed by atoms with E-state index in [0.29, 0.717) is 23.7 Å². The average molecular weight is 445 g/mol. The summed E-state index contributed by atoms with van der Waals surface area (Å²) >= 11 is 0. The minimum Gasteiger partial charge on any atom is -0.462 e. The molecule has 3 aromatic heterocycles. The van der Waals surface area contributed by atoms with Crippen molar-refractivity contribution in [2.45, 2.75) is 18.9 Å². The molecule has 2 atom stereocenters. The lowest BCUT2D eigenvalue weighted by molar-refractivity contribution is 0.0496. The number of anilines is 1. The van der Waals surface area contributed by atoms with Crippen molar-refractivity contribution >= 4 is 39.5 Å². The summed E-state index contributed by atoms with van der Waals surface area (Å²) in [6, 6.07) is 14.1. The molecule has 170 valence electrons. The van der Waals surface area contributed by atoms with Crippen LogP contribution in [-0.4, -0.2) is 71.1 Å².